The van der Waals surface area contributed by atoms with Crippen molar-refractivity contribution in [2.45, 2.75) is 12.8 Å². The lowest BCUT2D eigenvalue weighted by molar-refractivity contribution is -0.117. The average molecular weight is 491 g/mol. The number of fused-ring (bicyclic) bond motifs is 2. The van der Waals surface area contributed by atoms with Gasteiger partial charge in [0.2, 0.25) is 5.91 Å². The van der Waals surface area contributed by atoms with E-state index in [1.165, 1.54) is 18.6 Å². The molecule has 6 aromatic heterocycles. The second-order valence-electron chi connectivity index (χ2n) is 8.89. The molecule has 0 aromatic carbocycles. The number of imidazole rings is 1. The highest BCUT2D eigenvalue weighted by molar-refractivity contribution is 5.98. The van der Waals surface area contributed by atoms with E-state index >= 15 is 4.39 Å². The Morgan fingerprint density at radius 1 is 1.00 bits per heavy atom. The van der Waals surface area contributed by atoms with Gasteiger partial charge in [-0.1, -0.05) is 6.07 Å². The molecule has 0 bridgehead atoms. The van der Waals surface area contributed by atoms with Crippen molar-refractivity contribution in [2.24, 2.45) is 5.92 Å². The van der Waals surface area contributed by atoms with Crippen LogP contribution >= 0.6 is 0 Å². The lowest BCUT2D eigenvalue weighted by Gasteiger charge is -2.07. The minimum absolute atomic E-state index is 0.0422. The monoisotopic (exact) mass is 491 g/mol. The third kappa shape index (κ3) is 3.68. The molecule has 180 valence electrons. The molecule has 1 fully saturated rings. The number of anilines is 1. The maximum atomic E-state index is 16.0. The van der Waals surface area contributed by atoms with Crippen molar-refractivity contribution in [3.63, 3.8) is 0 Å². The van der Waals surface area contributed by atoms with Crippen molar-refractivity contribution < 1.29 is 9.18 Å². The van der Waals surface area contributed by atoms with Crippen molar-refractivity contribution in [3.05, 3.63) is 67.3 Å². The first-order chi connectivity index (χ1) is 18.2. The molecule has 0 spiro atoms. The zero-order chi connectivity index (χ0) is 24.9. The van der Waals surface area contributed by atoms with Gasteiger partial charge in [-0.3, -0.25) is 29.8 Å². The van der Waals surface area contributed by atoms with Crippen LogP contribution in [0, 0.1) is 11.7 Å². The number of hydrogen-bond acceptors (Lipinski definition) is 7. The molecule has 7 rings (SSSR count). The second-order valence-corrected chi connectivity index (χ2v) is 8.89. The van der Waals surface area contributed by atoms with Crippen LogP contribution in [0.3, 0.4) is 0 Å². The number of rotatable bonds is 5. The summed E-state index contributed by atoms with van der Waals surface area (Å²) >= 11 is 0. The molecule has 0 saturated heterocycles. The van der Waals surface area contributed by atoms with Crippen LogP contribution in [0.1, 0.15) is 12.8 Å². The Morgan fingerprint density at radius 3 is 2.73 bits per heavy atom. The summed E-state index contributed by atoms with van der Waals surface area (Å²) in [4.78, 5) is 37.3. The quantitative estimate of drug-likeness (QED) is 0.323. The van der Waals surface area contributed by atoms with Crippen LogP contribution in [0.5, 0.6) is 0 Å². The van der Waals surface area contributed by atoms with Gasteiger partial charge in [-0.25, -0.2) is 9.37 Å². The predicted molar refractivity (Wildman–Crippen MR) is 135 cm³/mol. The summed E-state index contributed by atoms with van der Waals surface area (Å²) in [5, 5.41) is 10.3. The van der Waals surface area contributed by atoms with Crippen molar-refractivity contribution in [2.75, 3.05) is 5.32 Å². The minimum Gasteiger partial charge on any atom is -0.335 e. The Morgan fingerprint density at radius 2 is 1.89 bits per heavy atom. The van der Waals surface area contributed by atoms with Crippen LogP contribution in [0.4, 0.5) is 10.1 Å². The summed E-state index contributed by atoms with van der Waals surface area (Å²) < 4.78 is 16.0. The van der Waals surface area contributed by atoms with E-state index in [1.807, 2.05) is 18.2 Å². The Labute approximate surface area is 208 Å². The number of nitrogens with one attached hydrogen (secondary N) is 3. The molecule has 3 N–H and O–H groups in total. The van der Waals surface area contributed by atoms with Crippen LogP contribution in [0.2, 0.25) is 0 Å². The van der Waals surface area contributed by atoms with Crippen LogP contribution in [-0.2, 0) is 4.79 Å². The molecule has 0 radical (unpaired) electrons. The van der Waals surface area contributed by atoms with Crippen molar-refractivity contribution in [1.82, 2.24) is 40.1 Å². The van der Waals surface area contributed by atoms with E-state index in [1.54, 1.807) is 24.7 Å². The maximum absolute atomic E-state index is 16.0. The number of halogens is 1. The normalized spacial score (nSPS) is 13.3. The standard InChI is InChI=1S/C26H18FN9O/c27-21-20-18(12-31-22(21)14-7-15(9-28-8-14)32-26(37)13-4-5-13)35-36-24(20)25-33-19-11-29-10-16(23(19)34-25)17-3-1-2-6-30-17/h1-3,6-13H,4-5H2,(H,32,37)(H,33,34)(H,35,36). The average Bonchev–Trinajstić information content (AvgIpc) is 3.54. The zero-order valence-electron chi connectivity index (χ0n) is 19.2. The summed E-state index contributed by atoms with van der Waals surface area (Å²) in [6, 6.07) is 7.27. The number of aromatic amines is 2. The minimum atomic E-state index is -0.572. The van der Waals surface area contributed by atoms with Crippen LogP contribution in [0.15, 0.2) is 61.4 Å². The lowest BCUT2D eigenvalue weighted by atomic mass is 10.1. The van der Waals surface area contributed by atoms with Crippen molar-refractivity contribution in [3.8, 4) is 34.0 Å². The Bertz CT molecular complexity index is 1810. The van der Waals surface area contributed by atoms with Gasteiger partial charge in [0.25, 0.3) is 0 Å². The molecule has 10 nitrogen and oxygen atoms in total. The number of carbonyl (C=O) groups excluding carboxylic acids is 1. The molecule has 11 heteroatoms. The summed E-state index contributed by atoms with van der Waals surface area (Å²) in [6.07, 6.45) is 11.4. The highest BCUT2D eigenvalue weighted by Gasteiger charge is 2.29. The highest BCUT2D eigenvalue weighted by atomic mass is 19.1. The summed E-state index contributed by atoms with van der Waals surface area (Å²) in [5.74, 6) is -0.201. The molecule has 1 aliphatic carbocycles. The molecule has 6 heterocycles. The van der Waals surface area contributed by atoms with E-state index in [4.69, 9.17) is 4.98 Å². The first-order valence-electron chi connectivity index (χ1n) is 11.7. The third-order valence-electron chi connectivity index (χ3n) is 6.33. The molecule has 37 heavy (non-hydrogen) atoms. The molecule has 1 amide bonds. The number of H-pyrrole nitrogens is 2. The fraction of sp³-hybridized carbons (Fsp3) is 0.115. The third-order valence-corrected chi connectivity index (χ3v) is 6.33. The number of aromatic nitrogens is 8. The molecule has 1 saturated carbocycles. The Kier molecular flexibility index (Phi) is 4.74. The van der Waals surface area contributed by atoms with Crippen molar-refractivity contribution >= 4 is 33.5 Å². The fourth-order valence-corrected chi connectivity index (χ4v) is 4.33. The van der Waals surface area contributed by atoms with Gasteiger partial charge in [0.05, 0.1) is 46.4 Å². The summed E-state index contributed by atoms with van der Waals surface area (Å²) in [7, 11) is 0. The Balaban J connectivity index is 1.32. The van der Waals surface area contributed by atoms with Crippen molar-refractivity contribution in [1.29, 1.82) is 0 Å². The molecule has 0 unspecified atom stereocenters. The van der Waals surface area contributed by atoms with E-state index < -0.39 is 5.82 Å². The van der Waals surface area contributed by atoms with Crippen LogP contribution in [-0.4, -0.2) is 46.0 Å². The van der Waals surface area contributed by atoms with E-state index in [-0.39, 0.29) is 22.9 Å². The fourth-order valence-electron chi connectivity index (χ4n) is 4.33. The molecular weight excluding hydrogens is 473 g/mol. The van der Waals surface area contributed by atoms with Gasteiger partial charge in [-0.2, -0.15) is 5.10 Å². The van der Waals surface area contributed by atoms with E-state index in [9.17, 15) is 4.79 Å². The largest absolute Gasteiger partial charge is 0.335 e. The summed E-state index contributed by atoms with van der Waals surface area (Å²) in [5.41, 5.74) is 4.56. The number of nitrogens with zero attached hydrogens (tertiary/aromatic N) is 6. The van der Waals surface area contributed by atoms with Gasteiger partial charge >= 0.3 is 0 Å². The molecule has 6 aromatic rings. The molecular formula is C26H18FN9O. The lowest BCUT2D eigenvalue weighted by Crippen LogP contribution is -2.13. The summed E-state index contributed by atoms with van der Waals surface area (Å²) in [6.45, 7) is 0. The first kappa shape index (κ1) is 21.2. The topological polar surface area (TPSA) is 138 Å². The molecule has 0 aliphatic heterocycles. The maximum Gasteiger partial charge on any atom is 0.227 e. The first-order valence-corrected chi connectivity index (χ1v) is 11.7. The van der Waals surface area contributed by atoms with Gasteiger partial charge in [-0.05, 0) is 31.0 Å². The number of amides is 1. The van der Waals surface area contributed by atoms with E-state index in [2.05, 4.69) is 40.4 Å². The van der Waals surface area contributed by atoms with Gasteiger partial charge < -0.3 is 10.3 Å². The van der Waals surface area contributed by atoms with E-state index in [0.29, 0.717) is 39.3 Å². The SMILES string of the molecule is O=C(Nc1cncc(-c2ncc3[nH]nc(-c4nc5c(-c6ccccn6)cncc5[nH]4)c3c2F)c1)C1CC1. The second kappa shape index (κ2) is 8.26. The predicted octanol–water partition coefficient (Wildman–Crippen LogP) is 4.51. The smallest absolute Gasteiger partial charge is 0.227 e. The molecule has 0 atom stereocenters. The van der Waals surface area contributed by atoms with Gasteiger partial charge in [0.1, 0.15) is 16.9 Å². The number of pyridine rings is 4. The van der Waals surface area contributed by atoms with Gasteiger partial charge in [-0.15, -0.1) is 0 Å². The number of carbonyl (C=O) groups is 1. The number of hydrogen-bond donors (Lipinski definition) is 3. The Hall–Kier alpha value is -5.06. The van der Waals surface area contributed by atoms with E-state index in [0.717, 1.165) is 24.1 Å². The van der Waals surface area contributed by atoms with Crippen LogP contribution in [0.25, 0.3) is 56.0 Å². The highest BCUT2D eigenvalue weighted by Crippen LogP contribution is 2.35. The molecule has 1 aliphatic rings. The van der Waals surface area contributed by atoms with Crippen LogP contribution < -0.4 is 5.32 Å². The van der Waals surface area contributed by atoms with Gasteiger partial charge in [0, 0.05) is 35.6 Å². The van der Waals surface area contributed by atoms with Gasteiger partial charge in [0.15, 0.2) is 11.6 Å². The zero-order valence-corrected chi connectivity index (χ0v) is 19.2.